The Morgan fingerprint density at radius 3 is 2.56 bits per heavy atom. The Bertz CT molecular complexity index is 1340. The molecule has 1 saturated heterocycles. The molecule has 4 N–H and O–H groups in total. The van der Waals surface area contributed by atoms with Crippen LogP contribution in [0.4, 0.5) is 4.39 Å². The predicted octanol–water partition coefficient (Wildman–Crippen LogP) is 2.40. The summed E-state index contributed by atoms with van der Waals surface area (Å²) in [5.41, 5.74) is 2.83. The molecule has 222 valence electrons. The summed E-state index contributed by atoms with van der Waals surface area (Å²) in [4.78, 5) is 57.3. The van der Waals surface area contributed by atoms with Gasteiger partial charge in [0.05, 0.1) is 28.6 Å². The zero-order chi connectivity index (χ0) is 30.1. The number of carbonyl (C=O) groups excluding carboxylic acids is 3. The van der Waals surface area contributed by atoms with Crippen LogP contribution in [-0.4, -0.2) is 75.0 Å². The number of aliphatic hydroxyl groups excluding tert-OH is 1. The smallest absolute Gasteiger partial charge is 0.341 e. The Labute approximate surface area is 241 Å². The molecule has 1 saturated carbocycles. The topological polar surface area (TPSA) is 158 Å². The molecular weight excluding hydrogens is 555 g/mol. The number of aliphatic hydroxyl groups is 1. The summed E-state index contributed by atoms with van der Waals surface area (Å²) in [7, 11) is 0. The SMILES string of the molecule is Cc1ncsc1-c1ccc(CC(=O)N[C@@H]2C[C@@H](O)CN2C(=O)[C@H](C(=O)NC2(F)CC2)C(C)(C)C)c(OCC(=O)O)c1. The van der Waals surface area contributed by atoms with Gasteiger partial charge in [-0.1, -0.05) is 32.9 Å². The second kappa shape index (κ2) is 11.7. The molecule has 3 atom stereocenters. The maximum absolute atomic E-state index is 14.3. The van der Waals surface area contributed by atoms with E-state index in [-0.39, 0.29) is 38.0 Å². The largest absolute Gasteiger partial charge is 0.482 e. The molecule has 0 bridgehead atoms. The van der Waals surface area contributed by atoms with Crippen molar-refractivity contribution in [3.05, 3.63) is 35.0 Å². The monoisotopic (exact) mass is 590 g/mol. The minimum absolute atomic E-state index is 0.0506. The molecular formula is C28H35FN4O7S. The van der Waals surface area contributed by atoms with Crippen LogP contribution in [0.25, 0.3) is 10.4 Å². The summed E-state index contributed by atoms with van der Waals surface area (Å²) in [6.45, 7) is 6.24. The third-order valence-electron chi connectivity index (χ3n) is 7.08. The van der Waals surface area contributed by atoms with Crippen LogP contribution in [0.3, 0.4) is 0 Å². The number of benzene rings is 1. The highest BCUT2D eigenvalue weighted by Crippen LogP contribution is 2.39. The van der Waals surface area contributed by atoms with Crippen molar-refractivity contribution in [3.8, 4) is 16.2 Å². The summed E-state index contributed by atoms with van der Waals surface area (Å²) in [6, 6.07) is 5.11. The number of nitrogens with zero attached hydrogens (tertiary/aromatic N) is 2. The summed E-state index contributed by atoms with van der Waals surface area (Å²) >= 11 is 1.42. The average Bonchev–Trinajstić information content (AvgIpc) is 3.24. The maximum Gasteiger partial charge on any atom is 0.341 e. The molecule has 4 rings (SSSR count). The number of carboxylic acids is 1. The van der Waals surface area contributed by atoms with E-state index in [0.717, 1.165) is 16.1 Å². The van der Waals surface area contributed by atoms with Gasteiger partial charge in [0.25, 0.3) is 0 Å². The highest BCUT2D eigenvalue weighted by atomic mass is 32.1. The number of likely N-dealkylation sites (tertiary alicyclic amines) is 1. The number of aryl methyl sites for hydroxylation is 1. The molecule has 1 aliphatic carbocycles. The second-order valence-electron chi connectivity index (χ2n) is 11.7. The third kappa shape index (κ3) is 7.39. The van der Waals surface area contributed by atoms with Crippen molar-refractivity contribution in [1.82, 2.24) is 20.5 Å². The van der Waals surface area contributed by atoms with Crippen LogP contribution in [0.2, 0.25) is 0 Å². The molecule has 0 radical (unpaired) electrons. The van der Waals surface area contributed by atoms with Crippen LogP contribution < -0.4 is 15.4 Å². The van der Waals surface area contributed by atoms with Gasteiger partial charge in [0.2, 0.25) is 17.7 Å². The van der Waals surface area contributed by atoms with E-state index in [1.165, 1.54) is 16.2 Å². The highest BCUT2D eigenvalue weighted by molar-refractivity contribution is 7.13. The Morgan fingerprint density at radius 2 is 1.98 bits per heavy atom. The quantitative estimate of drug-likeness (QED) is 0.243. The van der Waals surface area contributed by atoms with Crippen molar-refractivity contribution in [2.75, 3.05) is 13.2 Å². The van der Waals surface area contributed by atoms with Crippen LogP contribution in [0.5, 0.6) is 5.75 Å². The van der Waals surface area contributed by atoms with E-state index in [4.69, 9.17) is 9.84 Å². The predicted molar refractivity (Wildman–Crippen MR) is 148 cm³/mol. The summed E-state index contributed by atoms with van der Waals surface area (Å²) in [5, 5.41) is 24.6. The first-order chi connectivity index (χ1) is 19.2. The fourth-order valence-electron chi connectivity index (χ4n) is 4.87. The van der Waals surface area contributed by atoms with Crippen molar-refractivity contribution >= 4 is 35.0 Å². The van der Waals surface area contributed by atoms with E-state index >= 15 is 0 Å². The number of aliphatic carboxylic acids is 1. The first kappa shape index (κ1) is 30.4. The van der Waals surface area contributed by atoms with Gasteiger partial charge in [-0.05, 0) is 24.0 Å². The van der Waals surface area contributed by atoms with Crippen molar-refractivity contribution in [3.63, 3.8) is 0 Å². The third-order valence-corrected chi connectivity index (χ3v) is 8.06. The Morgan fingerprint density at radius 1 is 1.27 bits per heavy atom. The van der Waals surface area contributed by atoms with E-state index < -0.39 is 59.7 Å². The van der Waals surface area contributed by atoms with Crippen LogP contribution >= 0.6 is 11.3 Å². The molecule has 0 unspecified atom stereocenters. The minimum atomic E-state index is -1.80. The summed E-state index contributed by atoms with van der Waals surface area (Å²) in [6.07, 6.45) is -1.60. The molecule has 1 aromatic carbocycles. The van der Waals surface area contributed by atoms with Gasteiger partial charge in [-0.15, -0.1) is 11.3 Å². The number of hydrogen-bond acceptors (Lipinski definition) is 8. The van der Waals surface area contributed by atoms with E-state index in [1.54, 1.807) is 44.5 Å². The molecule has 2 aromatic rings. The lowest BCUT2D eigenvalue weighted by Gasteiger charge is -2.34. The number of carboxylic acid groups (broad SMARTS) is 1. The Kier molecular flexibility index (Phi) is 8.69. The van der Waals surface area contributed by atoms with E-state index in [0.29, 0.717) is 5.56 Å². The van der Waals surface area contributed by atoms with Gasteiger partial charge >= 0.3 is 5.97 Å². The molecule has 1 aromatic heterocycles. The number of carbonyl (C=O) groups is 4. The molecule has 1 aliphatic heterocycles. The lowest BCUT2D eigenvalue weighted by Crippen LogP contribution is -2.55. The van der Waals surface area contributed by atoms with Gasteiger partial charge in [0.15, 0.2) is 12.4 Å². The highest BCUT2D eigenvalue weighted by Gasteiger charge is 2.50. The summed E-state index contributed by atoms with van der Waals surface area (Å²) < 4.78 is 19.8. The number of ether oxygens (including phenoxy) is 1. The number of halogens is 1. The van der Waals surface area contributed by atoms with Gasteiger partial charge in [-0.3, -0.25) is 14.4 Å². The van der Waals surface area contributed by atoms with E-state index in [1.807, 2.05) is 6.92 Å². The molecule has 41 heavy (non-hydrogen) atoms. The number of rotatable bonds is 10. The Balaban J connectivity index is 1.51. The molecule has 3 amide bonds. The zero-order valence-corrected chi connectivity index (χ0v) is 24.2. The lowest BCUT2D eigenvalue weighted by atomic mass is 9.79. The number of aromatic nitrogens is 1. The number of β-amino-alcohol motifs (C(OH)–C–C–N with tert-alkyl or cyclic N) is 1. The maximum atomic E-state index is 14.3. The van der Waals surface area contributed by atoms with Crippen LogP contribution in [0, 0.1) is 18.3 Å². The first-order valence-electron chi connectivity index (χ1n) is 13.3. The van der Waals surface area contributed by atoms with Crippen molar-refractivity contribution < 1.29 is 38.5 Å². The fraction of sp³-hybridized carbons (Fsp3) is 0.536. The second-order valence-corrected chi connectivity index (χ2v) is 12.5. The van der Waals surface area contributed by atoms with Gasteiger partial charge in [-0.25, -0.2) is 14.2 Å². The van der Waals surface area contributed by atoms with Crippen molar-refractivity contribution in [1.29, 1.82) is 0 Å². The van der Waals surface area contributed by atoms with Crippen molar-refractivity contribution in [2.24, 2.45) is 11.3 Å². The standard InChI is InChI=1S/C28H35FN4O7S/c1-15-24(41-14-30-15)17-6-5-16(19(9-17)40-13-22(36)37)10-21(35)31-20-11-18(34)12-33(20)26(39)23(27(2,3)4)25(38)32-28(29)7-8-28/h5-6,9,14,18,20,23,34H,7-8,10-13H2,1-4H3,(H,31,35)(H,32,38)(H,36,37)/t18-,20+,23+/m1/s1. The van der Waals surface area contributed by atoms with Gasteiger partial charge in [-0.2, -0.15) is 0 Å². The summed E-state index contributed by atoms with van der Waals surface area (Å²) in [5.74, 6) is -5.83. The van der Waals surface area contributed by atoms with Crippen LogP contribution in [0.15, 0.2) is 23.7 Å². The van der Waals surface area contributed by atoms with E-state index in [2.05, 4.69) is 15.6 Å². The number of nitrogens with one attached hydrogen (secondary N) is 2. The van der Waals surface area contributed by atoms with E-state index in [9.17, 15) is 28.7 Å². The number of alkyl halides is 1. The molecule has 0 spiro atoms. The van der Waals surface area contributed by atoms with Crippen LogP contribution in [-0.2, 0) is 25.6 Å². The molecule has 11 nitrogen and oxygen atoms in total. The van der Waals surface area contributed by atoms with Crippen LogP contribution in [0.1, 0.15) is 51.3 Å². The number of amides is 3. The molecule has 2 fully saturated rings. The number of hydrogen-bond donors (Lipinski definition) is 4. The lowest BCUT2D eigenvalue weighted by molar-refractivity contribution is -0.149. The molecule has 2 heterocycles. The van der Waals surface area contributed by atoms with Crippen molar-refractivity contribution in [2.45, 2.75) is 71.4 Å². The fourth-order valence-corrected chi connectivity index (χ4v) is 5.67. The zero-order valence-electron chi connectivity index (χ0n) is 23.4. The minimum Gasteiger partial charge on any atom is -0.482 e. The van der Waals surface area contributed by atoms with Gasteiger partial charge in [0.1, 0.15) is 17.8 Å². The molecule has 2 aliphatic rings. The normalized spacial score (nSPS) is 20.3. The first-order valence-corrected chi connectivity index (χ1v) is 14.2. The molecule has 13 heteroatoms. The van der Waals surface area contributed by atoms with Gasteiger partial charge < -0.3 is 30.5 Å². The number of thiazole rings is 1. The Hall–Kier alpha value is -3.58. The van der Waals surface area contributed by atoms with Gasteiger partial charge in [0, 0.05) is 31.4 Å². The average molecular weight is 591 g/mol.